The number of carbonyl (C=O) groups is 1. The van der Waals surface area contributed by atoms with Gasteiger partial charge < -0.3 is 19.8 Å². The summed E-state index contributed by atoms with van der Waals surface area (Å²) in [5.41, 5.74) is 5.91. The maximum atomic E-state index is 12.1. The van der Waals surface area contributed by atoms with Gasteiger partial charge in [0.05, 0.1) is 38.4 Å². The lowest BCUT2D eigenvalue weighted by Crippen LogP contribution is -2.36. The molecule has 1 fully saturated rings. The van der Waals surface area contributed by atoms with Crippen molar-refractivity contribution in [3.63, 3.8) is 0 Å². The van der Waals surface area contributed by atoms with Crippen LogP contribution in [0.2, 0.25) is 0 Å². The van der Waals surface area contributed by atoms with Gasteiger partial charge in [0, 0.05) is 19.2 Å². The van der Waals surface area contributed by atoms with Gasteiger partial charge in [0.25, 0.3) is 0 Å². The Morgan fingerprint density at radius 3 is 2.96 bits per heavy atom. The number of morpholine rings is 1. The van der Waals surface area contributed by atoms with Gasteiger partial charge in [0.15, 0.2) is 5.70 Å². The zero-order chi connectivity index (χ0) is 18.2. The number of nitrogens with one attached hydrogen (secondary N) is 2. The zero-order valence-electron chi connectivity index (χ0n) is 14.3. The third-order valence-corrected chi connectivity index (χ3v) is 3.55. The zero-order valence-corrected chi connectivity index (χ0v) is 14.3. The van der Waals surface area contributed by atoms with Crippen LogP contribution in [0.1, 0.15) is 6.92 Å². The minimum atomic E-state index is -0.524. The Bertz CT molecular complexity index is 743. The fourth-order valence-corrected chi connectivity index (χ4v) is 2.32. The molecule has 0 spiro atoms. The van der Waals surface area contributed by atoms with E-state index in [9.17, 15) is 4.79 Å². The molecule has 138 valence electrons. The topological polar surface area (TPSA) is 119 Å². The van der Waals surface area contributed by atoms with Gasteiger partial charge in [-0.25, -0.2) is 19.4 Å². The smallest absolute Gasteiger partial charge is 0.358 e. The van der Waals surface area contributed by atoms with E-state index in [2.05, 4.69) is 36.0 Å². The number of nitrogens with zero attached hydrogens (tertiary/aromatic N) is 6. The van der Waals surface area contributed by atoms with Crippen molar-refractivity contribution in [2.45, 2.75) is 6.92 Å². The van der Waals surface area contributed by atoms with E-state index in [0.29, 0.717) is 19.0 Å². The lowest BCUT2D eigenvalue weighted by Gasteiger charge is -2.27. The number of esters is 1. The van der Waals surface area contributed by atoms with Gasteiger partial charge in [-0.1, -0.05) is 5.21 Å². The SMILES string of the molecule is CCOC(=O)/C(=C/NNc1cc(N2CCOCC2)ncn1)n1ccnn1. The molecule has 2 aromatic rings. The minimum absolute atomic E-state index is 0.180. The Morgan fingerprint density at radius 1 is 1.38 bits per heavy atom. The monoisotopic (exact) mass is 360 g/mol. The van der Waals surface area contributed by atoms with E-state index in [1.54, 1.807) is 13.1 Å². The first-order chi connectivity index (χ1) is 12.8. The molecule has 2 aromatic heterocycles. The maximum absolute atomic E-state index is 12.1. The average molecular weight is 360 g/mol. The molecule has 0 aliphatic carbocycles. The van der Waals surface area contributed by atoms with Gasteiger partial charge in [-0.2, -0.15) is 0 Å². The van der Waals surface area contributed by atoms with Crippen LogP contribution in [0.25, 0.3) is 5.70 Å². The number of carbonyl (C=O) groups excluding carboxylic acids is 1. The van der Waals surface area contributed by atoms with Crippen LogP contribution in [0.5, 0.6) is 0 Å². The molecule has 0 radical (unpaired) electrons. The van der Waals surface area contributed by atoms with Crippen LogP contribution in [-0.4, -0.2) is 63.8 Å². The van der Waals surface area contributed by atoms with Crippen LogP contribution in [0, 0.1) is 0 Å². The minimum Gasteiger partial charge on any atom is -0.461 e. The highest BCUT2D eigenvalue weighted by Gasteiger charge is 2.14. The van der Waals surface area contributed by atoms with Crippen LogP contribution in [0.4, 0.5) is 11.6 Å². The fourth-order valence-electron chi connectivity index (χ4n) is 2.32. The number of rotatable bonds is 7. The van der Waals surface area contributed by atoms with Gasteiger partial charge in [-0.05, 0) is 6.92 Å². The van der Waals surface area contributed by atoms with E-state index in [-0.39, 0.29) is 12.3 Å². The number of anilines is 2. The average Bonchev–Trinajstić information content (AvgIpc) is 3.21. The second-order valence-corrected chi connectivity index (χ2v) is 5.23. The molecule has 3 rings (SSSR count). The van der Waals surface area contributed by atoms with Crippen LogP contribution < -0.4 is 15.8 Å². The van der Waals surface area contributed by atoms with E-state index < -0.39 is 5.97 Å². The van der Waals surface area contributed by atoms with Crippen molar-refractivity contribution in [2.24, 2.45) is 0 Å². The molecule has 0 atom stereocenters. The largest absolute Gasteiger partial charge is 0.461 e. The molecule has 1 aliphatic rings. The molecular weight excluding hydrogens is 340 g/mol. The molecule has 1 saturated heterocycles. The third kappa shape index (κ3) is 4.45. The number of ether oxygens (including phenoxy) is 2. The van der Waals surface area contributed by atoms with Gasteiger partial charge in [-0.3, -0.25) is 5.43 Å². The predicted octanol–water partition coefficient (Wildman–Crippen LogP) is -0.117. The fraction of sp³-hybridized carbons (Fsp3) is 0.400. The Labute approximate surface area is 150 Å². The summed E-state index contributed by atoms with van der Waals surface area (Å²) >= 11 is 0. The molecule has 0 bridgehead atoms. The molecule has 3 heterocycles. The molecule has 26 heavy (non-hydrogen) atoms. The van der Waals surface area contributed by atoms with E-state index in [1.165, 1.54) is 23.4 Å². The highest BCUT2D eigenvalue weighted by molar-refractivity contribution is 6.09. The second kappa shape index (κ2) is 8.76. The summed E-state index contributed by atoms with van der Waals surface area (Å²) in [7, 11) is 0. The summed E-state index contributed by atoms with van der Waals surface area (Å²) in [4.78, 5) is 22.6. The number of hydrogen-bond acceptors (Lipinski definition) is 10. The molecule has 1 aliphatic heterocycles. The Balaban J connectivity index is 1.66. The lowest BCUT2D eigenvalue weighted by molar-refractivity contribution is -0.136. The van der Waals surface area contributed by atoms with E-state index >= 15 is 0 Å². The highest BCUT2D eigenvalue weighted by atomic mass is 16.5. The molecule has 11 nitrogen and oxygen atoms in total. The molecule has 2 N–H and O–H groups in total. The maximum Gasteiger partial charge on any atom is 0.358 e. The van der Waals surface area contributed by atoms with Crippen molar-refractivity contribution in [3.8, 4) is 0 Å². The Kier molecular flexibility index (Phi) is 5.93. The summed E-state index contributed by atoms with van der Waals surface area (Å²) < 4.78 is 11.7. The first-order valence-electron chi connectivity index (χ1n) is 8.18. The van der Waals surface area contributed by atoms with Gasteiger partial charge in [-0.15, -0.1) is 5.10 Å². The molecule has 0 amide bonds. The van der Waals surface area contributed by atoms with Crippen molar-refractivity contribution in [1.29, 1.82) is 0 Å². The highest BCUT2D eigenvalue weighted by Crippen LogP contribution is 2.15. The normalized spacial score (nSPS) is 14.8. The van der Waals surface area contributed by atoms with Crippen molar-refractivity contribution < 1.29 is 14.3 Å². The first kappa shape index (κ1) is 17.6. The van der Waals surface area contributed by atoms with Crippen LogP contribution in [0.15, 0.2) is 31.0 Å². The first-order valence-corrected chi connectivity index (χ1v) is 8.18. The molecule has 0 aromatic carbocycles. The second-order valence-electron chi connectivity index (χ2n) is 5.23. The Morgan fingerprint density at radius 2 is 2.23 bits per heavy atom. The predicted molar refractivity (Wildman–Crippen MR) is 92.8 cm³/mol. The molecule has 0 saturated carbocycles. The van der Waals surface area contributed by atoms with Crippen molar-refractivity contribution in [3.05, 3.63) is 31.0 Å². The number of hydrogen-bond donors (Lipinski definition) is 2. The van der Waals surface area contributed by atoms with Crippen LogP contribution in [-0.2, 0) is 14.3 Å². The van der Waals surface area contributed by atoms with Crippen molar-refractivity contribution >= 4 is 23.3 Å². The van der Waals surface area contributed by atoms with Gasteiger partial charge in [0.1, 0.15) is 18.0 Å². The molecular formula is C15H20N8O3. The lowest BCUT2D eigenvalue weighted by atomic mass is 10.4. The van der Waals surface area contributed by atoms with Gasteiger partial charge >= 0.3 is 5.97 Å². The molecule has 11 heteroatoms. The summed E-state index contributed by atoms with van der Waals surface area (Å²) in [6.07, 6.45) is 5.93. The summed E-state index contributed by atoms with van der Waals surface area (Å²) in [6.45, 7) is 4.90. The standard InChI is InChI=1S/C15H20N8O3/c1-2-26-15(24)12(23-4-3-18-21-23)10-19-20-13-9-14(17-11-16-13)22-5-7-25-8-6-22/h3-4,9-11,19H,2,5-8H2,1H3,(H,16,17,20)/b12-10-. The number of hydrazine groups is 1. The summed E-state index contributed by atoms with van der Waals surface area (Å²) in [5, 5.41) is 7.50. The van der Waals surface area contributed by atoms with Crippen LogP contribution >= 0.6 is 0 Å². The third-order valence-electron chi connectivity index (χ3n) is 3.55. The van der Waals surface area contributed by atoms with E-state index in [0.717, 1.165) is 18.9 Å². The van der Waals surface area contributed by atoms with Crippen molar-refractivity contribution in [1.82, 2.24) is 30.4 Å². The number of aromatic nitrogens is 5. The van der Waals surface area contributed by atoms with Gasteiger partial charge in [0.2, 0.25) is 0 Å². The summed E-state index contributed by atoms with van der Waals surface area (Å²) in [6, 6.07) is 1.81. The van der Waals surface area contributed by atoms with Crippen molar-refractivity contribution in [2.75, 3.05) is 43.2 Å². The molecule has 0 unspecified atom stereocenters. The van der Waals surface area contributed by atoms with E-state index in [1.807, 2.05) is 6.07 Å². The van der Waals surface area contributed by atoms with E-state index in [4.69, 9.17) is 9.47 Å². The van der Waals surface area contributed by atoms with Crippen LogP contribution in [0.3, 0.4) is 0 Å². The summed E-state index contributed by atoms with van der Waals surface area (Å²) in [5.74, 6) is 0.835. The quantitative estimate of drug-likeness (QED) is 0.393. The Hall–Kier alpha value is -3.21.